The van der Waals surface area contributed by atoms with E-state index in [-0.39, 0.29) is 29.5 Å². The minimum absolute atomic E-state index is 0.0944. The zero-order valence-corrected chi connectivity index (χ0v) is 19.1. The van der Waals surface area contributed by atoms with Crippen molar-refractivity contribution in [1.82, 2.24) is 20.1 Å². The van der Waals surface area contributed by atoms with Crippen molar-refractivity contribution < 1.29 is 9.59 Å². The largest absolute Gasteiger partial charge is 0.342 e. The molecule has 7 nitrogen and oxygen atoms in total. The van der Waals surface area contributed by atoms with Crippen LogP contribution in [0.2, 0.25) is 5.02 Å². The molecule has 3 rings (SSSR count). The number of hydrogen-bond acceptors (Lipinski definition) is 5. The lowest BCUT2D eigenvalue weighted by Gasteiger charge is -2.21. The van der Waals surface area contributed by atoms with E-state index in [0.29, 0.717) is 27.3 Å². The predicted molar refractivity (Wildman–Crippen MR) is 123 cm³/mol. The molecule has 1 aromatic heterocycles. The Bertz CT molecular complexity index is 1060. The number of benzene rings is 2. The topological polar surface area (TPSA) is 88.9 Å². The van der Waals surface area contributed by atoms with Gasteiger partial charge in [0.2, 0.25) is 5.91 Å². The molecule has 0 saturated carbocycles. The summed E-state index contributed by atoms with van der Waals surface area (Å²) >= 11 is 7.35. The molecule has 0 spiro atoms. The Kier molecular flexibility index (Phi) is 7.70. The molecule has 162 valence electrons. The van der Waals surface area contributed by atoms with Gasteiger partial charge in [0.1, 0.15) is 0 Å². The number of halogens is 1. The summed E-state index contributed by atoms with van der Waals surface area (Å²) in [6, 6.07) is 15.8. The Morgan fingerprint density at radius 3 is 2.42 bits per heavy atom. The number of nitrogens with one attached hydrogen (secondary N) is 2. The molecule has 1 atom stereocenters. The summed E-state index contributed by atoms with van der Waals surface area (Å²) in [5, 5.41) is 15.4. The van der Waals surface area contributed by atoms with Crippen molar-refractivity contribution in [1.29, 1.82) is 0 Å². The zero-order valence-electron chi connectivity index (χ0n) is 17.5. The molecule has 2 N–H and O–H groups in total. The fraction of sp³-hybridized carbons (Fsp3) is 0.273. The number of para-hydroxylation sites is 1. The van der Waals surface area contributed by atoms with Crippen molar-refractivity contribution in [2.75, 3.05) is 11.1 Å². The van der Waals surface area contributed by atoms with Gasteiger partial charge in [-0.15, -0.1) is 10.2 Å². The molecule has 0 aliphatic heterocycles. The van der Waals surface area contributed by atoms with Crippen LogP contribution in [0.1, 0.15) is 36.1 Å². The normalized spacial score (nSPS) is 11.9. The lowest BCUT2D eigenvalue weighted by Crippen LogP contribution is -2.33. The Labute approximate surface area is 190 Å². The number of hydrogen-bond donors (Lipinski definition) is 2. The summed E-state index contributed by atoms with van der Waals surface area (Å²) in [6.45, 7) is 4.02. The van der Waals surface area contributed by atoms with Gasteiger partial charge in [-0.1, -0.05) is 67.5 Å². The number of anilines is 1. The van der Waals surface area contributed by atoms with Crippen molar-refractivity contribution in [3.05, 3.63) is 71.0 Å². The first kappa shape index (κ1) is 22.8. The van der Waals surface area contributed by atoms with Crippen LogP contribution in [-0.2, 0) is 11.8 Å². The quantitative estimate of drug-likeness (QED) is 0.491. The second-order valence-corrected chi connectivity index (χ2v) is 8.63. The molecular formula is C22H24ClN5O2S. The summed E-state index contributed by atoms with van der Waals surface area (Å²) in [5.74, 6) is 0.515. The third-order valence-electron chi connectivity index (χ3n) is 4.62. The highest BCUT2D eigenvalue weighted by Crippen LogP contribution is 2.25. The number of amides is 2. The van der Waals surface area contributed by atoms with Crippen molar-refractivity contribution >= 4 is 40.9 Å². The molecule has 0 saturated heterocycles. The molecule has 9 heteroatoms. The smallest absolute Gasteiger partial charge is 0.251 e. The van der Waals surface area contributed by atoms with Crippen LogP contribution in [-0.4, -0.2) is 32.3 Å². The van der Waals surface area contributed by atoms with Crippen LogP contribution < -0.4 is 10.6 Å². The highest BCUT2D eigenvalue weighted by Gasteiger charge is 2.25. The predicted octanol–water partition coefficient (Wildman–Crippen LogP) is 4.33. The van der Waals surface area contributed by atoms with E-state index in [4.69, 9.17) is 11.6 Å². The van der Waals surface area contributed by atoms with Crippen LogP contribution in [0.15, 0.2) is 59.8 Å². The van der Waals surface area contributed by atoms with Crippen LogP contribution in [0.4, 0.5) is 5.69 Å². The first-order valence-electron chi connectivity index (χ1n) is 9.79. The maximum absolute atomic E-state index is 12.6. The fourth-order valence-electron chi connectivity index (χ4n) is 2.95. The molecule has 31 heavy (non-hydrogen) atoms. The van der Waals surface area contributed by atoms with Crippen LogP contribution in [0.5, 0.6) is 0 Å². The van der Waals surface area contributed by atoms with Gasteiger partial charge in [0, 0.05) is 12.6 Å². The van der Waals surface area contributed by atoms with Gasteiger partial charge in [-0.3, -0.25) is 9.59 Å². The molecule has 0 fully saturated rings. The van der Waals surface area contributed by atoms with Crippen molar-refractivity contribution in [3.63, 3.8) is 0 Å². The van der Waals surface area contributed by atoms with Crippen LogP contribution in [0.3, 0.4) is 0 Å². The maximum Gasteiger partial charge on any atom is 0.251 e. The van der Waals surface area contributed by atoms with Gasteiger partial charge < -0.3 is 15.2 Å². The maximum atomic E-state index is 12.6. The summed E-state index contributed by atoms with van der Waals surface area (Å²) in [7, 11) is 1.83. The van der Waals surface area contributed by atoms with Gasteiger partial charge >= 0.3 is 0 Å². The average molecular weight is 458 g/mol. The van der Waals surface area contributed by atoms with Gasteiger partial charge in [-0.25, -0.2) is 0 Å². The van der Waals surface area contributed by atoms with E-state index in [9.17, 15) is 9.59 Å². The van der Waals surface area contributed by atoms with E-state index >= 15 is 0 Å². The summed E-state index contributed by atoms with van der Waals surface area (Å²) in [4.78, 5) is 24.9. The first-order chi connectivity index (χ1) is 14.9. The van der Waals surface area contributed by atoms with E-state index in [1.165, 1.54) is 11.8 Å². The second kappa shape index (κ2) is 10.5. The first-order valence-corrected chi connectivity index (χ1v) is 11.2. The minimum atomic E-state index is -0.323. The monoisotopic (exact) mass is 457 g/mol. The summed E-state index contributed by atoms with van der Waals surface area (Å²) in [5.41, 5.74) is 1.15. The van der Waals surface area contributed by atoms with Crippen molar-refractivity contribution in [3.8, 4) is 0 Å². The molecule has 0 radical (unpaired) electrons. The number of rotatable bonds is 8. The third kappa shape index (κ3) is 5.86. The molecular weight excluding hydrogens is 434 g/mol. The number of carbonyl (C=O) groups excluding carboxylic acids is 2. The Balaban J connectivity index is 1.66. The van der Waals surface area contributed by atoms with E-state index in [1.807, 2.05) is 43.7 Å². The van der Waals surface area contributed by atoms with Gasteiger partial charge in [0.15, 0.2) is 11.0 Å². The van der Waals surface area contributed by atoms with E-state index in [0.717, 1.165) is 0 Å². The Morgan fingerprint density at radius 1 is 1.06 bits per heavy atom. The molecule has 2 aromatic carbocycles. The molecule has 2 amide bonds. The minimum Gasteiger partial charge on any atom is -0.342 e. The standard InChI is InChI=1S/C22H24ClN5O2S/c1-14(2)19(25-21(30)15-9-5-4-6-10-15)20-26-27-22(28(20)3)31-13-18(29)24-17-12-8-7-11-16(17)23/h4-12,14,19H,13H2,1-3H3,(H,24,29)(H,25,30)/t19-/m1/s1. The Hall–Kier alpha value is -2.84. The Morgan fingerprint density at radius 2 is 1.74 bits per heavy atom. The highest BCUT2D eigenvalue weighted by atomic mass is 35.5. The molecule has 0 bridgehead atoms. The lowest BCUT2D eigenvalue weighted by molar-refractivity contribution is -0.113. The summed E-state index contributed by atoms with van der Waals surface area (Å²) < 4.78 is 1.81. The highest BCUT2D eigenvalue weighted by molar-refractivity contribution is 7.99. The second-order valence-electron chi connectivity index (χ2n) is 7.28. The van der Waals surface area contributed by atoms with Gasteiger partial charge in [-0.05, 0) is 30.2 Å². The number of aromatic nitrogens is 3. The van der Waals surface area contributed by atoms with E-state index in [1.54, 1.807) is 36.4 Å². The van der Waals surface area contributed by atoms with E-state index < -0.39 is 0 Å². The average Bonchev–Trinajstić information content (AvgIpc) is 3.12. The third-order valence-corrected chi connectivity index (χ3v) is 5.97. The summed E-state index contributed by atoms with van der Waals surface area (Å²) in [6.07, 6.45) is 0. The molecule has 0 unspecified atom stereocenters. The number of carbonyl (C=O) groups is 2. The fourth-order valence-corrected chi connectivity index (χ4v) is 3.85. The van der Waals surface area contributed by atoms with Crippen molar-refractivity contribution in [2.24, 2.45) is 13.0 Å². The number of nitrogens with zero attached hydrogens (tertiary/aromatic N) is 3. The van der Waals surface area contributed by atoms with Crippen LogP contribution in [0, 0.1) is 5.92 Å². The van der Waals surface area contributed by atoms with Gasteiger partial charge in [0.25, 0.3) is 5.91 Å². The van der Waals surface area contributed by atoms with E-state index in [2.05, 4.69) is 20.8 Å². The zero-order chi connectivity index (χ0) is 22.4. The van der Waals surface area contributed by atoms with Crippen LogP contribution in [0.25, 0.3) is 0 Å². The molecule has 0 aliphatic carbocycles. The van der Waals surface area contributed by atoms with Crippen molar-refractivity contribution in [2.45, 2.75) is 25.0 Å². The molecule has 0 aliphatic rings. The lowest BCUT2D eigenvalue weighted by atomic mass is 10.0. The van der Waals surface area contributed by atoms with Crippen LogP contribution >= 0.6 is 23.4 Å². The van der Waals surface area contributed by atoms with Gasteiger partial charge in [0.05, 0.1) is 22.5 Å². The molecule has 3 aromatic rings. The SMILES string of the molecule is CC(C)[C@@H](NC(=O)c1ccccc1)c1nnc(SCC(=O)Nc2ccccc2Cl)n1C. The molecule has 1 heterocycles. The number of thioether (sulfide) groups is 1. The van der Waals surface area contributed by atoms with Gasteiger partial charge in [-0.2, -0.15) is 0 Å².